The van der Waals surface area contributed by atoms with Crippen molar-refractivity contribution in [3.8, 4) is 0 Å². The highest BCUT2D eigenvalue weighted by atomic mass is 32.2. The predicted molar refractivity (Wildman–Crippen MR) is 55.5 cm³/mol. The van der Waals surface area contributed by atoms with Crippen LogP contribution in [0.15, 0.2) is 0 Å². The van der Waals surface area contributed by atoms with Gasteiger partial charge in [-0.2, -0.15) is 11.8 Å². The molecule has 12 heavy (non-hydrogen) atoms. The average Bonchev–Trinajstić information content (AvgIpc) is 2.25. The van der Waals surface area contributed by atoms with Gasteiger partial charge in [0.05, 0.1) is 14.0 Å². The molecule has 0 bridgehead atoms. The molecule has 0 heterocycles. The van der Waals surface area contributed by atoms with Crippen LogP contribution in [0.5, 0.6) is 0 Å². The van der Waals surface area contributed by atoms with Gasteiger partial charge in [-0.05, 0) is 35.6 Å². The third-order valence-electron chi connectivity index (χ3n) is 3.11. The third-order valence-corrected chi connectivity index (χ3v) is 3.96. The van der Waals surface area contributed by atoms with Gasteiger partial charge in [-0.15, -0.1) is 0 Å². The number of hydrogen-bond donors (Lipinski definition) is 1. The van der Waals surface area contributed by atoms with Gasteiger partial charge in [0.1, 0.15) is 0 Å². The summed E-state index contributed by atoms with van der Waals surface area (Å²) in [7, 11) is 5.41. The number of rotatable bonds is 3. The first-order valence-electron chi connectivity index (χ1n) is 4.62. The molecular weight excluding hydrogens is 167 g/mol. The van der Waals surface area contributed by atoms with Crippen LogP contribution in [-0.2, 0) is 0 Å². The molecule has 0 aromatic carbocycles. The molecule has 1 aliphatic rings. The van der Waals surface area contributed by atoms with Gasteiger partial charge < -0.3 is 5.11 Å². The summed E-state index contributed by atoms with van der Waals surface area (Å²) in [5.41, 5.74) is 0.671. The number of aliphatic hydroxyl groups excluding tert-OH is 1. The van der Waals surface area contributed by atoms with E-state index in [4.69, 9.17) is 7.85 Å². The largest absolute Gasteiger partial charge is 0.393 e. The molecule has 4 atom stereocenters. The lowest BCUT2D eigenvalue weighted by molar-refractivity contribution is 0.132. The Balaban J connectivity index is 2.40. The Morgan fingerprint density at radius 3 is 2.58 bits per heavy atom. The Labute approximate surface area is 80.7 Å². The second-order valence-corrected chi connectivity index (χ2v) is 4.92. The van der Waals surface area contributed by atoms with Crippen LogP contribution in [-0.4, -0.2) is 30.5 Å². The van der Waals surface area contributed by atoms with Crippen LogP contribution >= 0.6 is 11.8 Å². The van der Waals surface area contributed by atoms with Gasteiger partial charge in [-0.3, -0.25) is 0 Å². The van der Waals surface area contributed by atoms with Crippen LogP contribution in [0.2, 0.25) is 0 Å². The highest BCUT2D eigenvalue weighted by Gasteiger charge is 2.36. The van der Waals surface area contributed by atoms with Crippen molar-refractivity contribution in [2.75, 3.05) is 11.4 Å². The van der Waals surface area contributed by atoms with Gasteiger partial charge >= 0.3 is 0 Å². The summed E-state index contributed by atoms with van der Waals surface area (Å²) < 4.78 is 0. The van der Waals surface area contributed by atoms with E-state index in [2.05, 4.69) is 13.8 Å². The van der Waals surface area contributed by atoms with E-state index in [1.54, 1.807) is 11.8 Å². The summed E-state index contributed by atoms with van der Waals surface area (Å²) in [5.74, 6) is 2.80. The lowest BCUT2D eigenvalue weighted by Gasteiger charge is -2.19. The number of aliphatic hydroxyl groups is 1. The van der Waals surface area contributed by atoms with Crippen LogP contribution in [0.4, 0.5) is 0 Å². The summed E-state index contributed by atoms with van der Waals surface area (Å²) in [5, 5.41) is 9.70. The zero-order valence-corrected chi connectivity index (χ0v) is 8.68. The Bertz CT molecular complexity index is 142. The summed E-state index contributed by atoms with van der Waals surface area (Å²) in [6.45, 7) is 4.46. The van der Waals surface area contributed by atoms with Crippen molar-refractivity contribution in [1.29, 1.82) is 0 Å². The summed E-state index contributed by atoms with van der Waals surface area (Å²) >= 11 is 1.73. The Kier molecular flexibility index (Phi) is 3.98. The first-order chi connectivity index (χ1) is 5.66. The van der Waals surface area contributed by atoms with E-state index in [1.807, 2.05) is 0 Å². The van der Waals surface area contributed by atoms with Crippen molar-refractivity contribution in [2.45, 2.75) is 26.4 Å². The first kappa shape index (κ1) is 10.5. The van der Waals surface area contributed by atoms with Gasteiger partial charge in [0.15, 0.2) is 0 Å². The minimum absolute atomic E-state index is 0.0888. The van der Waals surface area contributed by atoms with Gasteiger partial charge in [0, 0.05) is 0 Å². The molecule has 2 radical (unpaired) electrons. The van der Waals surface area contributed by atoms with E-state index in [-0.39, 0.29) is 6.10 Å². The van der Waals surface area contributed by atoms with Crippen LogP contribution in [0.1, 0.15) is 20.3 Å². The lowest BCUT2D eigenvalue weighted by atomic mass is 9.94. The van der Waals surface area contributed by atoms with Crippen LogP contribution < -0.4 is 0 Å². The zero-order valence-electron chi connectivity index (χ0n) is 7.86. The van der Waals surface area contributed by atoms with Crippen molar-refractivity contribution in [1.82, 2.24) is 0 Å². The monoisotopic (exact) mass is 184 g/mol. The lowest BCUT2D eigenvalue weighted by Crippen LogP contribution is -2.20. The molecule has 1 saturated carbocycles. The second kappa shape index (κ2) is 4.57. The standard InChI is InChI=1S/C9H17BOS/c1-6-3-9(11)8(7(6)2)4-12-5-10/h6-9,11H,3-5H2,1-2H3. The van der Waals surface area contributed by atoms with Crippen LogP contribution in [0.3, 0.4) is 0 Å². The molecule has 0 aromatic heterocycles. The molecule has 0 aromatic rings. The fourth-order valence-corrected chi connectivity index (χ4v) is 2.94. The van der Waals surface area contributed by atoms with E-state index in [0.717, 1.165) is 12.2 Å². The normalized spacial score (nSPS) is 41.9. The molecule has 1 N–H and O–H groups in total. The molecule has 0 saturated heterocycles. The van der Waals surface area contributed by atoms with Crippen molar-refractivity contribution < 1.29 is 5.11 Å². The number of thioether (sulfide) groups is 1. The summed E-state index contributed by atoms with van der Waals surface area (Å²) in [6.07, 6.45) is 0.880. The molecule has 1 rings (SSSR count). The topological polar surface area (TPSA) is 20.2 Å². The summed E-state index contributed by atoms with van der Waals surface area (Å²) in [4.78, 5) is 0. The van der Waals surface area contributed by atoms with E-state index >= 15 is 0 Å². The van der Waals surface area contributed by atoms with Gasteiger partial charge in [-0.1, -0.05) is 13.8 Å². The molecule has 0 aliphatic heterocycles. The summed E-state index contributed by atoms with van der Waals surface area (Å²) in [6, 6.07) is 0. The highest BCUT2D eigenvalue weighted by molar-refractivity contribution is 8.00. The van der Waals surface area contributed by atoms with Crippen LogP contribution in [0, 0.1) is 17.8 Å². The Hall–Kier alpha value is 0.375. The molecule has 3 heteroatoms. The quantitative estimate of drug-likeness (QED) is 0.670. The van der Waals surface area contributed by atoms with Crippen molar-refractivity contribution >= 4 is 19.6 Å². The fraction of sp³-hybridized carbons (Fsp3) is 1.00. The van der Waals surface area contributed by atoms with Crippen molar-refractivity contribution in [3.63, 3.8) is 0 Å². The van der Waals surface area contributed by atoms with E-state index in [9.17, 15) is 5.11 Å². The zero-order chi connectivity index (χ0) is 9.14. The predicted octanol–water partition coefficient (Wildman–Crippen LogP) is 1.50. The van der Waals surface area contributed by atoms with Crippen LogP contribution in [0.25, 0.3) is 0 Å². The maximum absolute atomic E-state index is 9.70. The maximum atomic E-state index is 9.70. The Morgan fingerprint density at radius 2 is 2.17 bits per heavy atom. The highest BCUT2D eigenvalue weighted by Crippen LogP contribution is 2.38. The SMILES string of the molecule is [B]CSCC1C(O)CC(C)C1C. The molecule has 4 unspecified atom stereocenters. The molecular formula is C9H17BOS. The molecule has 1 nitrogen and oxygen atoms in total. The Morgan fingerprint density at radius 1 is 1.50 bits per heavy atom. The fourth-order valence-electron chi connectivity index (χ4n) is 2.01. The molecule has 1 fully saturated rings. The molecule has 68 valence electrons. The van der Waals surface area contributed by atoms with E-state index in [1.165, 1.54) is 0 Å². The number of hydrogen-bond acceptors (Lipinski definition) is 2. The van der Waals surface area contributed by atoms with Gasteiger partial charge in [0.25, 0.3) is 0 Å². The first-order valence-corrected chi connectivity index (χ1v) is 5.78. The maximum Gasteiger partial charge on any atom is 0.0799 e. The van der Waals surface area contributed by atoms with E-state index in [0.29, 0.717) is 23.4 Å². The second-order valence-electron chi connectivity index (χ2n) is 3.84. The third kappa shape index (κ3) is 2.20. The minimum atomic E-state index is -0.0888. The molecule has 0 amide bonds. The molecule has 0 spiro atoms. The van der Waals surface area contributed by atoms with E-state index < -0.39 is 0 Å². The van der Waals surface area contributed by atoms with Crippen molar-refractivity contribution in [3.05, 3.63) is 0 Å². The minimum Gasteiger partial charge on any atom is -0.393 e. The van der Waals surface area contributed by atoms with Gasteiger partial charge in [0.2, 0.25) is 0 Å². The molecule has 1 aliphatic carbocycles. The van der Waals surface area contributed by atoms with Gasteiger partial charge in [-0.25, -0.2) is 0 Å². The smallest absolute Gasteiger partial charge is 0.0799 e. The van der Waals surface area contributed by atoms with Crippen molar-refractivity contribution in [2.24, 2.45) is 17.8 Å². The average molecular weight is 184 g/mol.